The molecule has 1 aliphatic rings. The molecule has 0 aromatic heterocycles. The van der Waals surface area contributed by atoms with Gasteiger partial charge in [-0.1, -0.05) is 11.6 Å². The van der Waals surface area contributed by atoms with E-state index in [-0.39, 0.29) is 18.4 Å². The van der Waals surface area contributed by atoms with Gasteiger partial charge in [-0.25, -0.2) is 0 Å². The zero-order valence-corrected chi connectivity index (χ0v) is 12.8. The first-order chi connectivity index (χ1) is 10.1. The Bertz CT molecular complexity index is 496. The normalized spacial score (nSPS) is 15.1. The van der Waals surface area contributed by atoms with Crippen LogP contribution in [-0.4, -0.2) is 61.0 Å². The summed E-state index contributed by atoms with van der Waals surface area (Å²) in [5.41, 5.74) is 0.619. The van der Waals surface area contributed by atoms with E-state index in [1.807, 2.05) is 6.92 Å². The number of rotatable bonds is 4. The first kappa shape index (κ1) is 15.8. The standard InChI is InChI=1S/C15H19ClN2O3/c1-2-21-11-14(19)17-7-9-18(10-8-17)15(20)12-3-5-13(16)6-4-12/h3-6H,2,7-11H2,1H3. The maximum Gasteiger partial charge on any atom is 0.253 e. The fourth-order valence-corrected chi connectivity index (χ4v) is 2.34. The Morgan fingerprint density at radius 3 is 2.24 bits per heavy atom. The van der Waals surface area contributed by atoms with Gasteiger partial charge in [0.05, 0.1) is 0 Å². The molecule has 1 aromatic rings. The molecule has 2 rings (SSSR count). The highest BCUT2D eigenvalue weighted by molar-refractivity contribution is 6.30. The van der Waals surface area contributed by atoms with Crippen molar-refractivity contribution in [2.75, 3.05) is 39.4 Å². The average Bonchev–Trinajstić information content (AvgIpc) is 2.53. The van der Waals surface area contributed by atoms with Gasteiger partial charge in [0.1, 0.15) is 6.61 Å². The fraction of sp³-hybridized carbons (Fsp3) is 0.467. The van der Waals surface area contributed by atoms with Gasteiger partial charge >= 0.3 is 0 Å². The lowest BCUT2D eigenvalue weighted by atomic mass is 10.2. The van der Waals surface area contributed by atoms with Crippen LogP contribution < -0.4 is 0 Å². The summed E-state index contributed by atoms with van der Waals surface area (Å²) in [4.78, 5) is 27.6. The molecule has 0 spiro atoms. The molecule has 0 bridgehead atoms. The molecule has 21 heavy (non-hydrogen) atoms. The number of amides is 2. The molecule has 5 nitrogen and oxygen atoms in total. The molecule has 114 valence electrons. The topological polar surface area (TPSA) is 49.9 Å². The third-order valence-corrected chi connectivity index (χ3v) is 3.69. The molecule has 1 aromatic carbocycles. The van der Waals surface area contributed by atoms with E-state index in [2.05, 4.69) is 0 Å². The molecule has 1 heterocycles. The van der Waals surface area contributed by atoms with Crippen LogP contribution >= 0.6 is 11.6 Å². The van der Waals surface area contributed by atoms with Crippen molar-refractivity contribution in [3.05, 3.63) is 34.9 Å². The summed E-state index contributed by atoms with van der Waals surface area (Å²) in [6, 6.07) is 6.85. The van der Waals surface area contributed by atoms with Crippen LogP contribution in [0.1, 0.15) is 17.3 Å². The molecule has 0 aliphatic carbocycles. The predicted molar refractivity (Wildman–Crippen MR) is 80.4 cm³/mol. The van der Waals surface area contributed by atoms with E-state index in [4.69, 9.17) is 16.3 Å². The fourth-order valence-electron chi connectivity index (χ4n) is 2.21. The zero-order chi connectivity index (χ0) is 15.2. The van der Waals surface area contributed by atoms with Gasteiger partial charge in [-0.3, -0.25) is 9.59 Å². The van der Waals surface area contributed by atoms with E-state index < -0.39 is 0 Å². The Morgan fingerprint density at radius 1 is 1.10 bits per heavy atom. The minimum atomic E-state index is -0.0245. The lowest BCUT2D eigenvalue weighted by Crippen LogP contribution is -2.51. The summed E-state index contributed by atoms with van der Waals surface area (Å²) < 4.78 is 5.12. The van der Waals surface area contributed by atoms with Crippen molar-refractivity contribution in [1.82, 2.24) is 9.80 Å². The summed E-state index contributed by atoms with van der Waals surface area (Å²) >= 11 is 5.82. The maximum absolute atomic E-state index is 12.3. The molecule has 6 heteroatoms. The smallest absolute Gasteiger partial charge is 0.253 e. The summed E-state index contributed by atoms with van der Waals surface area (Å²) in [6.07, 6.45) is 0. The van der Waals surface area contributed by atoms with Gasteiger partial charge in [-0.15, -0.1) is 0 Å². The van der Waals surface area contributed by atoms with Crippen molar-refractivity contribution < 1.29 is 14.3 Å². The summed E-state index contributed by atoms with van der Waals surface area (Å²) in [5.74, 6) is -0.0426. The highest BCUT2D eigenvalue weighted by atomic mass is 35.5. The summed E-state index contributed by atoms with van der Waals surface area (Å²) in [6.45, 7) is 4.67. The van der Waals surface area contributed by atoms with Crippen LogP contribution in [0.2, 0.25) is 5.02 Å². The van der Waals surface area contributed by atoms with E-state index in [0.29, 0.717) is 43.4 Å². The van der Waals surface area contributed by atoms with Gasteiger partial charge in [-0.05, 0) is 31.2 Å². The number of ether oxygens (including phenoxy) is 1. The third-order valence-electron chi connectivity index (χ3n) is 3.44. The van der Waals surface area contributed by atoms with E-state index >= 15 is 0 Å². The number of halogens is 1. The highest BCUT2D eigenvalue weighted by Crippen LogP contribution is 2.13. The van der Waals surface area contributed by atoms with Gasteiger partial charge in [-0.2, -0.15) is 0 Å². The molecule has 0 saturated carbocycles. The Balaban J connectivity index is 1.87. The molecule has 2 amide bonds. The van der Waals surface area contributed by atoms with Crippen LogP contribution in [0, 0.1) is 0 Å². The number of hydrogen-bond donors (Lipinski definition) is 0. The van der Waals surface area contributed by atoms with Crippen molar-refractivity contribution in [1.29, 1.82) is 0 Å². The SMILES string of the molecule is CCOCC(=O)N1CCN(C(=O)c2ccc(Cl)cc2)CC1. The van der Waals surface area contributed by atoms with E-state index in [9.17, 15) is 9.59 Å². The predicted octanol–water partition coefficient (Wildman–Crippen LogP) is 1.66. The van der Waals surface area contributed by atoms with E-state index in [1.165, 1.54) is 0 Å². The first-order valence-corrected chi connectivity index (χ1v) is 7.40. The lowest BCUT2D eigenvalue weighted by molar-refractivity contribution is -0.137. The monoisotopic (exact) mass is 310 g/mol. The Morgan fingerprint density at radius 2 is 1.67 bits per heavy atom. The van der Waals surface area contributed by atoms with Crippen molar-refractivity contribution in [3.63, 3.8) is 0 Å². The number of benzene rings is 1. The molecule has 1 aliphatic heterocycles. The third kappa shape index (κ3) is 4.19. The quantitative estimate of drug-likeness (QED) is 0.850. The maximum atomic E-state index is 12.3. The second-order valence-corrected chi connectivity index (χ2v) is 5.25. The van der Waals surface area contributed by atoms with Gasteiger partial charge in [0.15, 0.2) is 0 Å². The number of nitrogens with zero attached hydrogens (tertiary/aromatic N) is 2. The molecule has 0 unspecified atom stereocenters. The molecule has 0 N–H and O–H groups in total. The zero-order valence-electron chi connectivity index (χ0n) is 12.0. The largest absolute Gasteiger partial charge is 0.372 e. The Hall–Kier alpha value is -1.59. The Labute approximate surface area is 129 Å². The van der Waals surface area contributed by atoms with Crippen LogP contribution in [0.5, 0.6) is 0 Å². The molecular weight excluding hydrogens is 292 g/mol. The van der Waals surface area contributed by atoms with Crippen molar-refractivity contribution in [3.8, 4) is 0 Å². The second-order valence-electron chi connectivity index (χ2n) is 4.82. The van der Waals surface area contributed by atoms with Gasteiger partial charge in [0.25, 0.3) is 5.91 Å². The average molecular weight is 311 g/mol. The van der Waals surface area contributed by atoms with Crippen molar-refractivity contribution in [2.24, 2.45) is 0 Å². The lowest BCUT2D eigenvalue weighted by Gasteiger charge is -2.34. The minimum absolute atomic E-state index is 0.0181. The van der Waals surface area contributed by atoms with Crippen LogP contribution in [0.3, 0.4) is 0 Å². The molecule has 1 fully saturated rings. The van der Waals surface area contributed by atoms with Crippen LogP contribution in [0.25, 0.3) is 0 Å². The minimum Gasteiger partial charge on any atom is -0.372 e. The van der Waals surface area contributed by atoms with Gasteiger partial charge in [0, 0.05) is 43.4 Å². The number of piperazine rings is 1. The van der Waals surface area contributed by atoms with Gasteiger partial charge < -0.3 is 14.5 Å². The van der Waals surface area contributed by atoms with Crippen LogP contribution in [0.15, 0.2) is 24.3 Å². The van der Waals surface area contributed by atoms with Crippen molar-refractivity contribution in [2.45, 2.75) is 6.92 Å². The summed E-state index contributed by atoms with van der Waals surface area (Å²) in [7, 11) is 0. The van der Waals surface area contributed by atoms with Crippen LogP contribution in [0.4, 0.5) is 0 Å². The Kier molecular flexibility index (Phi) is 5.59. The molecular formula is C15H19ClN2O3. The van der Waals surface area contributed by atoms with Crippen LogP contribution in [-0.2, 0) is 9.53 Å². The number of carbonyl (C=O) groups excluding carboxylic acids is 2. The number of hydrogen-bond acceptors (Lipinski definition) is 3. The van der Waals surface area contributed by atoms with E-state index in [0.717, 1.165) is 0 Å². The molecule has 1 saturated heterocycles. The van der Waals surface area contributed by atoms with E-state index in [1.54, 1.807) is 34.1 Å². The first-order valence-electron chi connectivity index (χ1n) is 7.02. The molecule has 0 radical (unpaired) electrons. The summed E-state index contributed by atoms with van der Waals surface area (Å²) in [5, 5.41) is 0.609. The van der Waals surface area contributed by atoms with Crippen molar-refractivity contribution >= 4 is 23.4 Å². The number of carbonyl (C=O) groups is 2. The highest BCUT2D eigenvalue weighted by Gasteiger charge is 2.24. The molecule has 0 atom stereocenters. The van der Waals surface area contributed by atoms with Gasteiger partial charge in [0.2, 0.25) is 5.91 Å². The second kappa shape index (κ2) is 7.43.